The van der Waals surface area contributed by atoms with Gasteiger partial charge >= 0.3 is 5.97 Å². The van der Waals surface area contributed by atoms with E-state index in [2.05, 4.69) is 19.9 Å². The monoisotopic (exact) mass is 248 g/mol. The number of rotatable bonds is 6. The Hall–Kier alpha value is -1.77. The van der Waals surface area contributed by atoms with E-state index in [1.807, 2.05) is 13.0 Å². The van der Waals surface area contributed by atoms with Crippen LogP contribution in [0.15, 0.2) is 46.1 Å². The Morgan fingerprint density at radius 3 is 2.72 bits per heavy atom. The zero-order chi connectivity index (χ0) is 13.4. The van der Waals surface area contributed by atoms with Gasteiger partial charge in [-0.05, 0) is 51.8 Å². The van der Waals surface area contributed by atoms with Gasteiger partial charge in [0, 0.05) is 0 Å². The molecule has 3 heteroatoms. The second kappa shape index (κ2) is 7.54. The molecule has 1 aromatic rings. The molecule has 0 saturated carbocycles. The SMILES string of the molecule is CC(C)=CCC/C(C)=C/COC(=O)c1ccco1. The smallest absolute Gasteiger partial charge is 0.374 e. The van der Waals surface area contributed by atoms with Crippen LogP contribution in [0, 0.1) is 0 Å². The maximum atomic E-state index is 11.4. The summed E-state index contributed by atoms with van der Waals surface area (Å²) in [6.45, 7) is 6.51. The van der Waals surface area contributed by atoms with Gasteiger partial charge in [-0.2, -0.15) is 0 Å². The average Bonchev–Trinajstić information content (AvgIpc) is 2.81. The molecule has 0 saturated heterocycles. The highest BCUT2D eigenvalue weighted by molar-refractivity contribution is 5.86. The molecule has 0 unspecified atom stereocenters. The van der Waals surface area contributed by atoms with Crippen molar-refractivity contribution in [2.45, 2.75) is 33.6 Å². The number of allylic oxidation sites excluding steroid dienone is 3. The molecular formula is C15H20O3. The number of carbonyl (C=O) groups excluding carboxylic acids is 1. The van der Waals surface area contributed by atoms with Gasteiger partial charge in [0.1, 0.15) is 6.61 Å². The van der Waals surface area contributed by atoms with Crippen LogP contribution in [0.5, 0.6) is 0 Å². The fraction of sp³-hybridized carbons (Fsp3) is 0.400. The normalized spacial score (nSPS) is 11.2. The predicted octanol–water partition coefficient (Wildman–Crippen LogP) is 4.13. The summed E-state index contributed by atoms with van der Waals surface area (Å²) in [5.41, 5.74) is 2.55. The second-order valence-corrected chi connectivity index (χ2v) is 4.45. The molecule has 0 spiro atoms. The summed E-state index contributed by atoms with van der Waals surface area (Å²) in [7, 11) is 0. The topological polar surface area (TPSA) is 39.4 Å². The van der Waals surface area contributed by atoms with E-state index in [1.54, 1.807) is 12.1 Å². The van der Waals surface area contributed by atoms with Gasteiger partial charge in [0.25, 0.3) is 0 Å². The summed E-state index contributed by atoms with van der Waals surface area (Å²) in [6.07, 6.45) is 7.60. The highest BCUT2D eigenvalue weighted by atomic mass is 16.5. The molecule has 3 nitrogen and oxygen atoms in total. The molecule has 0 fully saturated rings. The van der Waals surface area contributed by atoms with Crippen molar-refractivity contribution in [3.05, 3.63) is 47.5 Å². The Balaban J connectivity index is 2.27. The van der Waals surface area contributed by atoms with E-state index in [1.165, 1.54) is 17.4 Å². The predicted molar refractivity (Wildman–Crippen MR) is 71.4 cm³/mol. The number of hydrogen-bond acceptors (Lipinski definition) is 3. The van der Waals surface area contributed by atoms with Crippen LogP contribution in [0.4, 0.5) is 0 Å². The maximum absolute atomic E-state index is 11.4. The zero-order valence-electron chi connectivity index (χ0n) is 11.2. The van der Waals surface area contributed by atoms with Gasteiger partial charge in [0.05, 0.1) is 6.26 Å². The Kier molecular flexibility index (Phi) is 5.98. The first-order valence-corrected chi connectivity index (χ1v) is 6.09. The van der Waals surface area contributed by atoms with E-state index in [9.17, 15) is 4.79 Å². The van der Waals surface area contributed by atoms with Gasteiger partial charge in [0.15, 0.2) is 0 Å². The maximum Gasteiger partial charge on any atom is 0.374 e. The lowest BCUT2D eigenvalue weighted by molar-refractivity contribution is 0.0513. The van der Waals surface area contributed by atoms with Crippen molar-refractivity contribution in [2.24, 2.45) is 0 Å². The van der Waals surface area contributed by atoms with Crippen LogP contribution < -0.4 is 0 Å². The molecule has 0 aliphatic rings. The summed E-state index contributed by atoms with van der Waals surface area (Å²) in [6, 6.07) is 3.25. The third-order valence-corrected chi connectivity index (χ3v) is 2.46. The van der Waals surface area contributed by atoms with Gasteiger partial charge in [0.2, 0.25) is 5.76 Å². The molecule has 0 amide bonds. The molecule has 0 aromatic carbocycles. The van der Waals surface area contributed by atoms with Crippen molar-refractivity contribution in [3.63, 3.8) is 0 Å². The Labute approximate surface area is 108 Å². The lowest BCUT2D eigenvalue weighted by Gasteiger charge is -2.01. The van der Waals surface area contributed by atoms with E-state index in [4.69, 9.17) is 9.15 Å². The summed E-state index contributed by atoms with van der Waals surface area (Å²) in [5.74, 6) is -0.182. The van der Waals surface area contributed by atoms with Crippen LogP contribution in [-0.4, -0.2) is 12.6 Å². The van der Waals surface area contributed by atoms with Crippen molar-refractivity contribution in [1.29, 1.82) is 0 Å². The highest BCUT2D eigenvalue weighted by Crippen LogP contribution is 2.07. The lowest BCUT2D eigenvalue weighted by atomic mass is 10.1. The Bertz CT molecular complexity index is 421. The van der Waals surface area contributed by atoms with Crippen molar-refractivity contribution in [3.8, 4) is 0 Å². The van der Waals surface area contributed by atoms with Gasteiger partial charge in [-0.1, -0.05) is 17.2 Å². The zero-order valence-corrected chi connectivity index (χ0v) is 11.2. The van der Waals surface area contributed by atoms with Crippen LogP contribution in [0.1, 0.15) is 44.2 Å². The molecule has 0 atom stereocenters. The van der Waals surface area contributed by atoms with Crippen molar-refractivity contribution < 1.29 is 13.9 Å². The minimum Gasteiger partial charge on any atom is -0.457 e. The van der Waals surface area contributed by atoms with E-state index in [-0.39, 0.29) is 5.76 Å². The highest BCUT2D eigenvalue weighted by Gasteiger charge is 2.08. The minimum atomic E-state index is -0.423. The van der Waals surface area contributed by atoms with Gasteiger partial charge < -0.3 is 9.15 Å². The third-order valence-electron chi connectivity index (χ3n) is 2.46. The molecule has 0 aliphatic carbocycles. The molecule has 1 aromatic heterocycles. The number of furan rings is 1. The van der Waals surface area contributed by atoms with E-state index in [0.717, 1.165) is 12.8 Å². The molecular weight excluding hydrogens is 228 g/mol. The number of hydrogen-bond donors (Lipinski definition) is 0. The first kappa shape index (κ1) is 14.3. The minimum absolute atomic E-state index is 0.241. The Morgan fingerprint density at radius 1 is 1.33 bits per heavy atom. The summed E-state index contributed by atoms with van der Waals surface area (Å²) in [4.78, 5) is 11.4. The average molecular weight is 248 g/mol. The summed E-state index contributed by atoms with van der Waals surface area (Å²) >= 11 is 0. The molecule has 18 heavy (non-hydrogen) atoms. The van der Waals surface area contributed by atoms with Crippen LogP contribution in [-0.2, 0) is 4.74 Å². The van der Waals surface area contributed by atoms with Crippen LogP contribution in [0.3, 0.4) is 0 Å². The van der Waals surface area contributed by atoms with E-state index >= 15 is 0 Å². The van der Waals surface area contributed by atoms with E-state index < -0.39 is 5.97 Å². The molecule has 1 heterocycles. The first-order valence-electron chi connectivity index (χ1n) is 6.09. The lowest BCUT2D eigenvalue weighted by Crippen LogP contribution is -2.03. The second-order valence-electron chi connectivity index (χ2n) is 4.45. The van der Waals surface area contributed by atoms with Crippen LogP contribution >= 0.6 is 0 Å². The molecule has 0 radical (unpaired) electrons. The third kappa shape index (κ3) is 5.53. The van der Waals surface area contributed by atoms with E-state index in [0.29, 0.717) is 6.61 Å². The quantitative estimate of drug-likeness (QED) is 0.561. The molecule has 1 rings (SSSR count). The van der Waals surface area contributed by atoms with Crippen LogP contribution in [0.2, 0.25) is 0 Å². The summed E-state index contributed by atoms with van der Waals surface area (Å²) in [5, 5.41) is 0. The van der Waals surface area contributed by atoms with Crippen molar-refractivity contribution >= 4 is 5.97 Å². The first-order chi connectivity index (χ1) is 8.59. The van der Waals surface area contributed by atoms with Gasteiger partial charge in [-0.3, -0.25) is 0 Å². The fourth-order valence-corrected chi connectivity index (χ4v) is 1.42. The number of carbonyl (C=O) groups is 1. The van der Waals surface area contributed by atoms with Gasteiger partial charge in [-0.15, -0.1) is 0 Å². The van der Waals surface area contributed by atoms with Crippen LogP contribution in [0.25, 0.3) is 0 Å². The van der Waals surface area contributed by atoms with Crippen molar-refractivity contribution in [2.75, 3.05) is 6.61 Å². The molecule has 0 bridgehead atoms. The van der Waals surface area contributed by atoms with Gasteiger partial charge in [-0.25, -0.2) is 4.79 Å². The Morgan fingerprint density at radius 2 is 2.11 bits per heavy atom. The molecule has 98 valence electrons. The fourth-order valence-electron chi connectivity index (χ4n) is 1.42. The van der Waals surface area contributed by atoms with Crippen molar-refractivity contribution in [1.82, 2.24) is 0 Å². The number of ether oxygens (including phenoxy) is 1. The number of esters is 1. The largest absolute Gasteiger partial charge is 0.457 e. The summed E-state index contributed by atoms with van der Waals surface area (Å²) < 4.78 is 10.0. The standard InChI is InChI=1S/C15H20O3/c1-12(2)6-4-7-13(3)9-11-18-15(16)14-8-5-10-17-14/h5-6,8-10H,4,7,11H2,1-3H3/b13-9+. The molecule has 0 N–H and O–H groups in total. The molecule has 0 aliphatic heterocycles.